The number of carbonyl (C=O) groups is 1. The molecule has 1 aromatic carbocycles. The fourth-order valence-corrected chi connectivity index (χ4v) is 6.08. The number of hydrogen-bond donors (Lipinski definition) is 2. The number of ether oxygens (including phenoxy) is 2. The summed E-state index contributed by atoms with van der Waals surface area (Å²) in [5.74, 6) is 3.69. The van der Waals surface area contributed by atoms with E-state index < -0.39 is 0 Å². The first-order valence-corrected chi connectivity index (χ1v) is 12.9. The van der Waals surface area contributed by atoms with Crippen LogP contribution in [0.2, 0.25) is 0 Å². The van der Waals surface area contributed by atoms with E-state index in [2.05, 4.69) is 21.2 Å². The van der Waals surface area contributed by atoms with Crippen LogP contribution in [-0.2, 0) is 4.79 Å². The molecule has 0 aromatic heterocycles. The first kappa shape index (κ1) is 22.8. The summed E-state index contributed by atoms with van der Waals surface area (Å²) in [6.07, 6.45) is 8.64. The Morgan fingerprint density at radius 1 is 1.00 bits per heavy atom. The average molecular weight is 458 g/mol. The molecule has 1 saturated heterocycles. The highest BCUT2D eigenvalue weighted by Crippen LogP contribution is 2.41. The lowest BCUT2D eigenvalue weighted by atomic mass is 9.73. The van der Waals surface area contributed by atoms with Gasteiger partial charge in [0, 0.05) is 45.2 Å². The van der Waals surface area contributed by atoms with Gasteiger partial charge in [0.05, 0.1) is 5.69 Å². The number of hydrogen-bond acceptors (Lipinski definition) is 6. The lowest BCUT2D eigenvalue weighted by Crippen LogP contribution is -2.47. The van der Waals surface area contributed by atoms with Crippen molar-refractivity contribution in [1.29, 1.82) is 0 Å². The zero-order chi connectivity index (χ0) is 22.6. The molecule has 7 heteroatoms. The SMILES string of the molecule is O=C(CC1CC(CO)C1)N[C@H]1CC[C@H](CCN2CCN(c3cccc4c3OCO4)CC2)CC1. The van der Waals surface area contributed by atoms with Gasteiger partial charge in [-0.1, -0.05) is 6.07 Å². The van der Waals surface area contributed by atoms with Crippen LogP contribution in [0, 0.1) is 17.8 Å². The van der Waals surface area contributed by atoms with Crippen LogP contribution in [0.3, 0.4) is 0 Å². The van der Waals surface area contributed by atoms with E-state index in [4.69, 9.17) is 14.6 Å². The molecular weight excluding hydrogens is 418 g/mol. The maximum Gasteiger partial charge on any atom is 0.231 e. The van der Waals surface area contributed by atoms with Crippen LogP contribution < -0.4 is 19.7 Å². The van der Waals surface area contributed by atoms with Crippen molar-refractivity contribution >= 4 is 11.6 Å². The highest BCUT2D eigenvalue weighted by atomic mass is 16.7. The Bertz CT molecular complexity index is 797. The number of piperazine rings is 1. The quantitative estimate of drug-likeness (QED) is 0.625. The third kappa shape index (κ3) is 5.57. The minimum Gasteiger partial charge on any atom is -0.454 e. The molecule has 5 rings (SSSR count). The van der Waals surface area contributed by atoms with Crippen molar-refractivity contribution in [2.75, 3.05) is 51.0 Å². The molecule has 0 bridgehead atoms. The van der Waals surface area contributed by atoms with Crippen LogP contribution in [-0.4, -0.2) is 68.1 Å². The van der Waals surface area contributed by atoms with E-state index >= 15 is 0 Å². The molecule has 0 atom stereocenters. The van der Waals surface area contributed by atoms with Gasteiger partial charge >= 0.3 is 0 Å². The number of anilines is 1. The molecule has 1 amide bonds. The normalized spacial score (nSPS) is 29.5. The summed E-state index contributed by atoms with van der Waals surface area (Å²) in [7, 11) is 0. The summed E-state index contributed by atoms with van der Waals surface area (Å²) in [4.78, 5) is 17.3. The third-order valence-corrected chi connectivity index (χ3v) is 8.22. The van der Waals surface area contributed by atoms with E-state index in [1.54, 1.807) is 0 Å². The van der Waals surface area contributed by atoms with Gasteiger partial charge in [-0.15, -0.1) is 0 Å². The number of benzene rings is 1. The molecule has 182 valence electrons. The second-order valence-electron chi connectivity index (χ2n) is 10.5. The summed E-state index contributed by atoms with van der Waals surface area (Å²) in [6, 6.07) is 6.53. The number of aliphatic hydroxyl groups excluding tert-OH is 1. The van der Waals surface area contributed by atoms with E-state index in [1.807, 2.05) is 12.1 Å². The van der Waals surface area contributed by atoms with Crippen molar-refractivity contribution in [2.45, 2.75) is 57.4 Å². The molecular formula is C26H39N3O4. The monoisotopic (exact) mass is 457 g/mol. The number of para-hydroxylation sites is 1. The standard InChI is InChI=1S/C26H39N3O4/c30-17-21-14-20(15-21)16-25(31)27-22-6-4-19(5-7-22)8-9-28-10-12-29(13-11-28)23-2-1-3-24-26(23)33-18-32-24/h1-3,19-22,30H,4-18H2,(H,27,31)/t19-,20?,21?,22-. The van der Waals surface area contributed by atoms with Crippen LogP contribution in [0.1, 0.15) is 51.4 Å². The maximum atomic E-state index is 12.3. The van der Waals surface area contributed by atoms with Gasteiger partial charge in [-0.3, -0.25) is 9.69 Å². The number of nitrogens with one attached hydrogen (secondary N) is 1. The van der Waals surface area contributed by atoms with Crippen LogP contribution >= 0.6 is 0 Å². The molecule has 2 heterocycles. The summed E-state index contributed by atoms with van der Waals surface area (Å²) in [5, 5.41) is 12.4. The van der Waals surface area contributed by atoms with E-state index in [1.165, 1.54) is 25.8 Å². The van der Waals surface area contributed by atoms with Crippen molar-refractivity contribution in [3.8, 4) is 11.5 Å². The molecule has 2 aliphatic heterocycles. The summed E-state index contributed by atoms with van der Waals surface area (Å²) < 4.78 is 11.2. The van der Waals surface area contributed by atoms with Gasteiger partial charge in [-0.2, -0.15) is 0 Å². The van der Waals surface area contributed by atoms with Gasteiger partial charge in [0.15, 0.2) is 11.5 Å². The number of rotatable bonds is 8. The van der Waals surface area contributed by atoms with Crippen molar-refractivity contribution in [2.24, 2.45) is 17.8 Å². The van der Waals surface area contributed by atoms with E-state index in [9.17, 15) is 4.79 Å². The molecule has 0 unspecified atom stereocenters. The van der Waals surface area contributed by atoms with Crippen LogP contribution in [0.15, 0.2) is 18.2 Å². The van der Waals surface area contributed by atoms with Gasteiger partial charge in [0.25, 0.3) is 0 Å². The molecule has 4 aliphatic rings. The zero-order valence-corrected chi connectivity index (χ0v) is 19.7. The second-order valence-corrected chi connectivity index (χ2v) is 10.5. The molecule has 33 heavy (non-hydrogen) atoms. The Hall–Kier alpha value is -1.99. The first-order chi connectivity index (χ1) is 16.2. The highest BCUT2D eigenvalue weighted by molar-refractivity contribution is 5.76. The minimum atomic E-state index is 0.221. The van der Waals surface area contributed by atoms with Gasteiger partial charge in [0.2, 0.25) is 12.7 Å². The van der Waals surface area contributed by atoms with Gasteiger partial charge in [-0.05, 0) is 81.4 Å². The van der Waals surface area contributed by atoms with Crippen LogP contribution in [0.25, 0.3) is 0 Å². The highest BCUT2D eigenvalue weighted by Gasteiger charge is 2.31. The molecule has 7 nitrogen and oxygen atoms in total. The Kier molecular flexibility index (Phi) is 7.26. The lowest BCUT2D eigenvalue weighted by molar-refractivity contribution is -0.124. The average Bonchev–Trinajstić information content (AvgIpc) is 3.30. The maximum absolute atomic E-state index is 12.3. The van der Waals surface area contributed by atoms with Crippen molar-refractivity contribution in [1.82, 2.24) is 10.2 Å². The third-order valence-electron chi connectivity index (χ3n) is 8.22. The Morgan fingerprint density at radius 2 is 1.79 bits per heavy atom. The van der Waals surface area contributed by atoms with Crippen LogP contribution in [0.4, 0.5) is 5.69 Å². The zero-order valence-electron chi connectivity index (χ0n) is 19.7. The Morgan fingerprint density at radius 3 is 2.55 bits per heavy atom. The van der Waals surface area contributed by atoms with E-state index in [0.717, 1.165) is 75.0 Å². The number of carbonyl (C=O) groups excluding carboxylic acids is 1. The molecule has 2 saturated carbocycles. The number of fused-ring (bicyclic) bond motifs is 1. The number of aliphatic hydroxyl groups is 1. The Balaban J connectivity index is 0.971. The molecule has 2 aliphatic carbocycles. The van der Waals surface area contributed by atoms with Crippen molar-refractivity contribution in [3.05, 3.63) is 18.2 Å². The van der Waals surface area contributed by atoms with Crippen LogP contribution in [0.5, 0.6) is 11.5 Å². The van der Waals surface area contributed by atoms with Gasteiger partial charge in [-0.25, -0.2) is 0 Å². The lowest BCUT2D eigenvalue weighted by Gasteiger charge is -2.37. The fraction of sp³-hybridized carbons (Fsp3) is 0.731. The van der Waals surface area contributed by atoms with E-state index in [0.29, 0.717) is 31.1 Å². The predicted octanol–water partition coefficient (Wildman–Crippen LogP) is 3.01. The molecule has 1 aromatic rings. The molecule has 0 spiro atoms. The minimum absolute atomic E-state index is 0.221. The molecule has 3 fully saturated rings. The topological polar surface area (TPSA) is 74.3 Å². The molecule has 2 N–H and O–H groups in total. The van der Waals surface area contributed by atoms with Crippen molar-refractivity contribution in [3.63, 3.8) is 0 Å². The summed E-state index contributed by atoms with van der Waals surface area (Å²) in [5.41, 5.74) is 1.16. The van der Waals surface area contributed by atoms with E-state index in [-0.39, 0.29) is 12.5 Å². The molecule has 0 radical (unpaired) electrons. The summed E-state index contributed by atoms with van der Waals surface area (Å²) in [6.45, 7) is 6.01. The number of amides is 1. The fourth-order valence-electron chi connectivity index (χ4n) is 6.08. The summed E-state index contributed by atoms with van der Waals surface area (Å²) >= 11 is 0. The Labute approximate surface area is 197 Å². The number of nitrogens with zero attached hydrogens (tertiary/aromatic N) is 2. The largest absolute Gasteiger partial charge is 0.454 e. The second kappa shape index (κ2) is 10.5. The van der Waals surface area contributed by atoms with Gasteiger partial charge in [0.1, 0.15) is 0 Å². The van der Waals surface area contributed by atoms with Crippen molar-refractivity contribution < 1.29 is 19.4 Å². The van der Waals surface area contributed by atoms with Gasteiger partial charge < -0.3 is 24.8 Å². The first-order valence-electron chi connectivity index (χ1n) is 12.9. The smallest absolute Gasteiger partial charge is 0.231 e. The predicted molar refractivity (Wildman–Crippen MR) is 128 cm³/mol.